The molecule has 3 N–H and O–H groups in total. The van der Waals surface area contributed by atoms with Gasteiger partial charge in [-0.25, -0.2) is 0 Å². The lowest BCUT2D eigenvalue weighted by atomic mass is 9.81. The first kappa shape index (κ1) is 11.6. The number of carboxylic acids is 1. The molecule has 0 saturated heterocycles. The Morgan fingerprint density at radius 3 is 2.81 bits per heavy atom. The Labute approximate surface area is 103 Å². The van der Waals surface area contributed by atoms with Crippen LogP contribution in [0.25, 0.3) is 0 Å². The monoisotopic (exact) mass is 283 g/mol. The second kappa shape index (κ2) is 4.18. The molecule has 0 radical (unpaired) electrons. The zero-order valence-corrected chi connectivity index (χ0v) is 10.5. The lowest BCUT2D eigenvalue weighted by Gasteiger charge is -2.24. The predicted octanol–water partition coefficient (Wildman–Crippen LogP) is 1.97. The fraction of sp³-hybridized carbons (Fsp3) is 0.417. The maximum absolute atomic E-state index is 10.9. The quantitative estimate of drug-likeness (QED) is 0.892. The van der Waals surface area contributed by atoms with Crippen LogP contribution in [0.4, 0.5) is 0 Å². The summed E-state index contributed by atoms with van der Waals surface area (Å²) in [4.78, 5) is 10.9. The summed E-state index contributed by atoms with van der Waals surface area (Å²) in [5.41, 5.74) is 7.91. The normalized spacial score (nSPS) is 23.1. The van der Waals surface area contributed by atoms with Crippen LogP contribution in [0, 0.1) is 5.41 Å². The molecular weight excluding hydrogens is 270 g/mol. The second-order valence-electron chi connectivity index (χ2n) is 4.51. The summed E-state index contributed by atoms with van der Waals surface area (Å²) in [5.74, 6) is -0.769. The van der Waals surface area contributed by atoms with Crippen LogP contribution in [-0.4, -0.2) is 17.6 Å². The van der Waals surface area contributed by atoms with Crippen molar-refractivity contribution in [1.82, 2.24) is 0 Å². The van der Waals surface area contributed by atoms with Gasteiger partial charge in [-0.15, -0.1) is 0 Å². The van der Waals surface area contributed by atoms with Gasteiger partial charge in [0.1, 0.15) is 0 Å². The van der Waals surface area contributed by atoms with Crippen LogP contribution in [0.1, 0.15) is 17.5 Å². The Hall–Kier alpha value is -0.870. The van der Waals surface area contributed by atoms with E-state index in [-0.39, 0.29) is 11.8 Å². The van der Waals surface area contributed by atoms with Crippen molar-refractivity contribution in [3.63, 3.8) is 0 Å². The average Bonchev–Trinajstić information content (AvgIpc) is 2.58. The molecule has 4 heteroatoms. The Morgan fingerprint density at radius 1 is 1.50 bits per heavy atom. The highest BCUT2D eigenvalue weighted by Gasteiger charge is 2.38. The van der Waals surface area contributed by atoms with E-state index in [1.54, 1.807) is 0 Å². The number of rotatable bonds is 3. The van der Waals surface area contributed by atoms with Gasteiger partial charge in [0.05, 0.1) is 6.42 Å². The van der Waals surface area contributed by atoms with Crippen molar-refractivity contribution in [3.05, 3.63) is 33.8 Å². The first-order valence-electron chi connectivity index (χ1n) is 5.24. The van der Waals surface area contributed by atoms with Crippen LogP contribution in [0.15, 0.2) is 22.7 Å². The van der Waals surface area contributed by atoms with Gasteiger partial charge in [-0.3, -0.25) is 4.79 Å². The molecule has 0 fully saturated rings. The van der Waals surface area contributed by atoms with E-state index in [4.69, 9.17) is 10.8 Å². The number of hydrogen-bond donors (Lipinski definition) is 2. The Balaban J connectivity index is 2.32. The van der Waals surface area contributed by atoms with Gasteiger partial charge in [-0.1, -0.05) is 28.1 Å². The van der Waals surface area contributed by atoms with Gasteiger partial charge in [0.15, 0.2) is 0 Å². The maximum Gasteiger partial charge on any atom is 0.303 e. The summed E-state index contributed by atoms with van der Waals surface area (Å²) in [7, 11) is 0. The molecule has 3 nitrogen and oxygen atoms in total. The summed E-state index contributed by atoms with van der Waals surface area (Å²) >= 11 is 3.51. The van der Waals surface area contributed by atoms with Crippen molar-refractivity contribution in [2.45, 2.75) is 19.3 Å². The molecule has 2 rings (SSSR count). The Bertz CT molecular complexity index is 433. The minimum absolute atomic E-state index is 0.143. The van der Waals surface area contributed by atoms with Crippen molar-refractivity contribution < 1.29 is 9.90 Å². The van der Waals surface area contributed by atoms with Crippen molar-refractivity contribution in [2.75, 3.05) is 6.54 Å². The largest absolute Gasteiger partial charge is 0.481 e. The Morgan fingerprint density at radius 2 is 2.25 bits per heavy atom. The molecule has 86 valence electrons. The van der Waals surface area contributed by atoms with Crippen molar-refractivity contribution in [1.29, 1.82) is 0 Å². The Kier molecular flexibility index (Phi) is 3.04. The summed E-state index contributed by atoms with van der Waals surface area (Å²) in [6.07, 6.45) is 1.67. The molecule has 1 aliphatic rings. The van der Waals surface area contributed by atoms with Gasteiger partial charge < -0.3 is 10.8 Å². The van der Waals surface area contributed by atoms with Crippen LogP contribution in [-0.2, 0) is 17.6 Å². The minimum Gasteiger partial charge on any atom is -0.481 e. The van der Waals surface area contributed by atoms with Crippen LogP contribution < -0.4 is 5.73 Å². The van der Waals surface area contributed by atoms with Crippen LogP contribution in [0.3, 0.4) is 0 Å². The third-order valence-corrected chi connectivity index (χ3v) is 4.04. The van der Waals surface area contributed by atoms with E-state index >= 15 is 0 Å². The molecule has 1 aliphatic carbocycles. The zero-order valence-electron chi connectivity index (χ0n) is 8.87. The number of benzene rings is 1. The molecule has 16 heavy (non-hydrogen) atoms. The van der Waals surface area contributed by atoms with Gasteiger partial charge >= 0.3 is 5.97 Å². The standard InChI is InChI=1S/C12H14BrNO2/c13-10-3-1-2-8-4-12(7-14,5-9(8)10)6-11(15)16/h1-3H,4-7,14H2,(H,15,16). The van der Waals surface area contributed by atoms with Crippen molar-refractivity contribution in [2.24, 2.45) is 11.1 Å². The fourth-order valence-corrected chi connectivity index (χ4v) is 3.02. The number of hydrogen-bond acceptors (Lipinski definition) is 2. The summed E-state index contributed by atoms with van der Waals surface area (Å²) in [6.45, 7) is 0.417. The molecule has 1 aromatic carbocycles. The van der Waals surface area contributed by atoms with E-state index in [9.17, 15) is 4.79 Å². The number of carbonyl (C=O) groups is 1. The van der Waals surface area contributed by atoms with Crippen LogP contribution in [0.2, 0.25) is 0 Å². The number of aliphatic carboxylic acids is 1. The summed E-state index contributed by atoms with van der Waals surface area (Å²) in [5, 5.41) is 8.95. The van der Waals surface area contributed by atoms with Crippen molar-refractivity contribution >= 4 is 21.9 Å². The molecule has 0 spiro atoms. The highest BCUT2D eigenvalue weighted by atomic mass is 79.9. The third kappa shape index (κ3) is 1.99. The molecule has 1 atom stereocenters. The molecule has 1 aromatic rings. The molecule has 0 aliphatic heterocycles. The zero-order chi connectivity index (χ0) is 11.8. The summed E-state index contributed by atoms with van der Waals surface area (Å²) < 4.78 is 1.06. The van der Waals surface area contributed by atoms with Crippen LogP contribution in [0.5, 0.6) is 0 Å². The molecular formula is C12H14BrNO2. The number of nitrogens with two attached hydrogens (primary N) is 1. The molecule has 0 heterocycles. The smallest absolute Gasteiger partial charge is 0.303 e. The minimum atomic E-state index is -0.769. The van der Waals surface area contributed by atoms with Gasteiger partial charge in [0.2, 0.25) is 0 Å². The molecule has 0 amide bonds. The lowest BCUT2D eigenvalue weighted by Crippen LogP contribution is -2.33. The van der Waals surface area contributed by atoms with Crippen LogP contribution >= 0.6 is 15.9 Å². The molecule has 1 unspecified atom stereocenters. The topological polar surface area (TPSA) is 63.3 Å². The second-order valence-corrected chi connectivity index (χ2v) is 5.36. The van der Waals surface area contributed by atoms with Gasteiger partial charge in [0, 0.05) is 9.89 Å². The van der Waals surface area contributed by atoms with Gasteiger partial charge in [0.25, 0.3) is 0 Å². The number of fused-ring (bicyclic) bond motifs is 1. The number of carboxylic acid groups (broad SMARTS) is 1. The molecule has 0 bridgehead atoms. The van der Waals surface area contributed by atoms with Crippen molar-refractivity contribution in [3.8, 4) is 0 Å². The average molecular weight is 284 g/mol. The van der Waals surface area contributed by atoms with E-state index < -0.39 is 5.97 Å². The van der Waals surface area contributed by atoms with Gasteiger partial charge in [-0.2, -0.15) is 0 Å². The highest BCUT2D eigenvalue weighted by Crippen LogP contribution is 2.41. The van der Waals surface area contributed by atoms with E-state index in [1.165, 1.54) is 11.1 Å². The van der Waals surface area contributed by atoms with E-state index in [1.807, 2.05) is 12.1 Å². The number of halogens is 1. The first-order chi connectivity index (χ1) is 7.56. The highest BCUT2D eigenvalue weighted by molar-refractivity contribution is 9.10. The SMILES string of the molecule is NCC1(CC(=O)O)Cc2cccc(Br)c2C1. The third-order valence-electron chi connectivity index (χ3n) is 3.29. The first-order valence-corrected chi connectivity index (χ1v) is 6.04. The van der Waals surface area contributed by atoms with E-state index in [0.717, 1.165) is 17.3 Å². The molecule has 0 saturated carbocycles. The van der Waals surface area contributed by atoms with E-state index in [0.29, 0.717) is 6.54 Å². The fourth-order valence-electron chi connectivity index (χ4n) is 2.47. The maximum atomic E-state index is 10.9. The predicted molar refractivity (Wildman–Crippen MR) is 65.3 cm³/mol. The summed E-state index contributed by atoms with van der Waals surface area (Å²) in [6, 6.07) is 6.03. The lowest BCUT2D eigenvalue weighted by molar-refractivity contribution is -0.139. The van der Waals surface area contributed by atoms with E-state index in [2.05, 4.69) is 22.0 Å². The van der Waals surface area contributed by atoms with Gasteiger partial charge in [-0.05, 0) is 36.6 Å². The molecule has 0 aromatic heterocycles.